The largest absolute Gasteiger partial charge is 0.444 e. The number of carbonyl (C=O) groups is 1. The molecule has 0 bridgehead atoms. The number of piperidine rings is 1. The van der Waals surface area contributed by atoms with Crippen LogP contribution in [0.25, 0.3) is 0 Å². The fraction of sp³-hybridized carbons (Fsp3) is 0.941. The predicted octanol–water partition coefficient (Wildman–Crippen LogP) is 2.41. The number of nitrogens with one attached hydrogen (secondary N) is 3. The first-order chi connectivity index (χ1) is 10.4. The van der Waals surface area contributed by atoms with Gasteiger partial charge in [-0.1, -0.05) is 12.8 Å². The molecule has 128 valence electrons. The van der Waals surface area contributed by atoms with Gasteiger partial charge in [0.25, 0.3) is 0 Å². The Bertz CT molecular complexity index is 342. The first kappa shape index (κ1) is 17.5. The van der Waals surface area contributed by atoms with Crippen molar-refractivity contribution in [3.63, 3.8) is 0 Å². The lowest BCUT2D eigenvalue weighted by Gasteiger charge is -2.32. The molecule has 0 aromatic heterocycles. The van der Waals surface area contributed by atoms with E-state index in [2.05, 4.69) is 16.0 Å². The van der Waals surface area contributed by atoms with Crippen LogP contribution in [-0.2, 0) is 4.74 Å². The highest BCUT2D eigenvalue weighted by molar-refractivity contribution is 5.67. The number of amides is 1. The van der Waals surface area contributed by atoms with Crippen molar-refractivity contribution in [1.29, 1.82) is 0 Å². The van der Waals surface area contributed by atoms with Gasteiger partial charge < -0.3 is 20.7 Å². The van der Waals surface area contributed by atoms with Gasteiger partial charge in [0, 0.05) is 25.2 Å². The summed E-state index contributed by atoms with van der Waals surface area (Å²) in [4.78, 5) is 11.9. The fourth-order valence-electron chi connectivity index (χ4n) is 3.53. The normalized spacial score (nSPS) is 25.0. The predicted molar refractivity (Wildman–Crippen MR) is 89.0 cm³/mol. The van der Waals surface area contributed by atoms with Crippen molar-refractivity contribution >= 4 is 6.09 Å². The molecule has 2 unspecified atom stereocenters. The molecule has 1 saturated heterocycles. The zero-order valence-corrected chi connectivity index (χ0v) is 14.4. The standard InChI is InChI=1S/C17H33N3O2/c1-17(2,3)22-16(21)19-12-15(13-7-4-5-8-13)20-14-9-6-10-18-11-14/h13-15,18,20H,4-12H2,1-3H3,(H,19,21). The maximum atomic E-state index is 11.9. The molecule has 2 atom stereocenters. The highest BCUT2D eigenvalue weighted by atomic mass is 16.6. The third-order valence-corrected chi connectivity index (χ3v) is 4.58. The lowest BCUT2D eigenvalue weighted by Crippen LogP contribution is -2.53. The van der Waals surface area contributed by atoms with E-state index in [0.29, 0.717) is 24.5 Å². The Morgan fingerprint density at radius 2 is 1.95 bits per heavy atom. The maximum Gasteiger partial charge on any atom is 0.407 e. The second-order valence-corrected chi connectivity index (χ2v) is 7.74. The molecular weight excluding hydrogens is 278 g/mol. The molecule has 0 spiro atoms. The molecule has 1 heterocycles. The molecule has 22 heavy (non-hydrogen) atoms. The number of carbonyl (C=O) groups excluding carboxylic acids is 1. The van der Waals surface area contributed by atoms with Crippen molar-refractivity contribution in [2.45, 2.75) is 77.0 Å². The van der Waals surface area contributed by atoms with Gasteiger partial charge in [-0.3, -0.25) is 0 Å². The molecule has 2 fully saturated rings. The summed E-state index contributed by atoms with van der Waals surface area (Å²) in [5, 5.41) is 10.2. The Kier molecular flexibility index (Phi) is 6.50. The Morgan fingerprint density at radius 1 is 1.23 bits per heavy atom. The van der Waals surface area contributed by atoms with Crippen LogP contribution in [0.5, 0.6) is 0 Å². The van der Waals surface area contributed by atoms with Gasteiger partial charge in [0.1, 0.15) is 5.60 Å². The van der Waals surface area contributed by atoms with Gasteiger partial charge in [0.05, 0.1) is 0 Å². The fourth-order valence-corrected chi connectivity index (χ4v) is 3.53. The number of ether oxygens (including phenoxy) is 1. The third-order valence-electron chi connectivity index (χ3n) is 4.58. The molecule has 0 radical (unpaired) electrons. The summed E-state index contributed by atoms with van der Waals surface area (Å²) in [6.45, 7) is 8.51. The number of alkyl carbamates (subject to hydrolysis) is 1. The van der Waals surface area contributed by atoms with Crippen molar-refractivity contribution in [2.24, 2.45) is 5.92 Å². The average molecular weight is 311 g/mol. The maximum absolute atomic E-state index is 11.9. The molecule has 2 rings (SSSR count). The van der Waals surface area contributed by atoms with Crippen molar-refractivity contribution in [2.75, 3.05) is 19.6 Å². The highest BCUT2D eigenvalue weighted by Gasteiger charge is 2.28. The number of rotatable bonds is 5. The molecule has 5 nitrogen and oxygen atoms in total. The summed E-state index contributed by atoms with van der Waals surface area (Å²) in [5.41, 5.74) is -0.437. The van der Waals surface area contributed by atoms with Crippen molar-refractivity contribution in [3.8, 4) is 0 Å². The van der Waals surface area contributed by atoms with E-state index < -0.39 is 5.60 Å². The summed E-state index contributed by atoms with van der Waals surface area (Å²) in [6, 6.07) is 0.889. The van der Waals surface area contributed by atoms with Gasteiger partial charge in [-0.25, -0.2) is 4.79 Å². The first-order valence-electron chi connectivity index (χ1n) is 8.87. The number of hydrogen-bond acceptors (Lipinski definition) is 4. The Balaban J connectivity index is 1.82. The molecule has 5 heteroatoms. The summed E-state index contributed by atoms with van der Waals surface area (Å²) in [7, 11) is 0. The van der Waals surface area contributed by atoms with Crippen LogP contribution < -0.4 is 16.0 Å². The molecule has 0 aromatic carbocycles. The van der Waals surface area contributed by atoms with Gasteiger partial charge in [-0.2, -0.15) is 0 Å². The van der Waals surface area contributed by atoms with Gasteiger partial charge in [-0.05, 0) is 58.9 Å². The lowest BCUT2D eigenvalue weighted by atomic mass is 9.95. The summed E-state index contributed by atoms with van der Waals surface area (Å²) >= 11 is 0. The van der Waals surface area contributed by atoms with Crippen LogP contribution in [0.1, 0.15) is 59.3 Å². The minimum atomic E-state index is -0.437. The van der Waals surface area contributed by atoms with Gasteiger partial charge >= 0.3 is 6.09 Å². The summed E-state index contributed by atoms with van der Waals surface area (Å²) < 4.78 is 5.35. The Hall–Kier alpha value is -0.810. The van der Waals surface area contributed by atoms with Crippen molar-refractivity contribution in [3.05, 3.63) is 0 Å². The molecule has 0 aromatic rings. The molecule has 3 N–H and O–H groups in total. The molecule has 1 aliphatic heterocycles. The van der Waals surface area contributed by atoms with E-state index in [1.54, 1.807) is 0 Å². The van der Waals surface area contributed by atoms with Crippen LogP contribution in [0.4, 0.5) is 4.79 Å². The lowest BCUT2D eigenvalue weighted by molar-refractivity contribution is 0.0516. The van der Waals surface area contributed by atoms with E-state index in [4.69, 9.17) is 4.74 Å². The van der Waals surface area contributed by atoms with E-state index >= 15 is 0 Å². The second-order valence-electron chi connectivity index (χ2n) is 7.74. The van der Waals surface area contributed by atoms with E-state index in [0.717, 1.165) is 13.1 Å². The van der Waals surface area contributed by atoms with Crippen LogP contribution in [0, 0.1) is 5.92 Å². The van der Waals surface area contributed by atoms with Crippen LogP contribution in [-0.4, -0.2) is 43.4 Å². The van der Waals surface area contributed by atoms with E-state index in [1.807, 2.05) is 20.8 Å². The quantitative estimate of drug-likeness (QED) is 0.730. The Morgan fingerprint density at radius 3 is 2.55 bits per heavy atom. The average Bonchev–Trinajstić information content (AvgIpc) is 2.96. The zero-order chi connectivity index (χ0) is 16.0. The summed E-state index contributed by atoms with van der Waals surface area (Å²) in [5.74, 6) is 0.678. The van der Waals surface area contributed by atoms with Gasteiger partial charge in [0.15, 0.2) is 0 Å². The third kappa shape index (κ3) is 6.13. The minimum absolute atomic E-state index is 0.306. The molecule has 1 amide bonds. The van der Waals surface area contributed by atoms with Gasteiger partial charge in [-0.15, -0.1) is 0 Å². The first-order valence-corrected chi connectivity index (χ1v) is 8.87. The van der Waals surface area contributed by atoms with Crippen molar-refractivity contribution in [1.82, 2.24) is 16.0 Å². The monoisotopic (exact) mass is 311 g/mol. The second kappa shape index (κ2) is 8.16. The van der Waals surface area contributed by atoms with Crippen molar-refractivity contribution < 1.29 is 9.53 Å². The van der Waals surface area contributed by atoms with Crippen LogP contribution in [0.15, 0.2) is 0 Å². The molecule has 1 aliphatic carbocycles. The minimum Gasteiger partial charge on any atom is -0.444 e. The van der Waals surface area contributed by atoms with Gasteiger partial charge in [0.2, 0.25) is 0 Å². The Labute approximate surface area is 134 Å². The topological polar surface area (TPSA) is 62.4 Å². The number of hydrogen-bond donors (Lipinski definition) is 3. The highest BCUT2D eigenvalue weighted by Crippen LogP contribution is 2.28. The smallest absolute Gasteiger partial charge is 0.407 e. The SMILES string of the molecule is CC(C)(C)OC(=O)NCC(NC1CCCNC1)C1CCCC1. The molecule has 2 aliphatic rings. The van der Waals surface area contributed by atoms with Crippen LogP contribution >= 0.6 is 0 Å². The molecule has 1 saturated carbocycles. The molecular formula is C17H33N3O2. The zero-order valence-electron chi connectivity index (χ0n) is 14.4. The van der Waals surface area contributed by atoms with Crippen LogP contribution in [0.3, 0.4) is 0 Å². The van der Waals surface area contributed by atoms with Crippen LogP contribution in [0.2, 0.25) is 0 Å². The van der Waals surface area contributed by atoms with E-state index in [9.17, 15) is 4.79 Å². The van der Waals surface area contributed by atoms with E-state index in [-0.39, 0.29) is 6.09 Å². The van der Waals surface area contributed by atoms with E-state index in [1.165, 1.54) is 38.5 Å². The summed E-state index contributed by atoms with van der Waals surface area (Å²) in [6.07, 6.45) is 7.33.